The van der Waals surface area contributed by atoms with Crippen LogP contribution < -0.4 is 0 Å². The second kappa shape index (κ2) is 4.45. The van der Waals surface area contributed by atoms with Crippen molar-refractivity contribution in [1.29, 1.82) is 0 Å². The minimum atomic E-state index is -0.0278. The van der Waals surface area contributed by atoms with Crippen LogP contribution in [0.15, 0.2) is 12.7 Å². The van der Waals surface area contributed by atoms with E-state index in [1.165, 1.54) is 25.8 Å². The third kappa shape index (κ3) is 2.01. The molecule has 1 saturated heterocycles. The molecular formula is C12H21NO. The maximum atomic E-state index is 9.63. The van der Waals surface area contributed by atoms with E-state index >= 15 is 0 Å². The summed E-state index contributed by atoms with van der Waals surface area (Å²) in [7, 11) is 0. The number of nitrogens with zero attached hydrogens (tertiary/aromatic N) is 1. The van der Waals surface area contributed by atoms with E-state index in [-0.39, 0.29) is 6.10 Å². The van der Waals surface area contributed by atoms with E-state index in [0.29, 0.717) is 0 Å². The zero-order valence-electron chi connectivity index (χ0n) is 8.86. The lowest BCUT2D eigenvalue weighted by Crippen LogP contribution is -2.48. The van der Waals surface area contributed by atoms with E-state index in [4.69, 9.17) is 0 Å². The summed E-state index contributed by atoms with van der Waals surface area (Å²) in [6.45, 7) is 6.07. The van der Waals surface area contributed by atoms with Crippen LogP contribution in [-0.2, 0) is 0 Å². The van der Waals surface area contributed by atoms with Crippen LogP contribution >= 0.6 is 0 Å². The lowest BCUT2D eigenvalue weighted by atomic mass is 9.77. The summed E-state index contributed by atoms with van der Waals surface area (Å²) < 4.78 is 0. The van der Waals surface area contributed by atoms with Gasteiger partial charge in [-0.2, -0.15) is 0 Å². The maximum absolute atomic E-state index is 9.63. The molecule has 0 amide bonds. The minimum absolute atomic E-state index is 0.0278. The summed E-state index contributed by atoms with van der Waals surface area (Å²) in [5.74, 6) is 0.743. The Morgan fingerprint density at radius 1 is 1.36 bits per heavy atom. The molecule has 1 saturated carbocycles. The third-order valence-corrected chi connectivity index (χ3v) is 3.77. The predicted molar refractivity (Wildman–Crippen MR) is 58.1 cm³/mol. The molecule has 1 aliphatic heterocycles. The third-order valence-electron chi connectivity index (χ3n) is 3.77. The molecule has 0 aromatic rings. The Kier molecular flexibility index (Phi) is 3.24. The zero-order chi connectivity index (χ0) is 9.97. The molecule has 2 fully saturated rings. The quantitative estimate of drug-likeness (QED) is 0.679. The highest BCUT2D eigenvalue weighted by Crippen LogP contribution is 2.35. The highest BCUT2D eigenvalue weighted by atomic mass is 16.3. The molecule has 80 valence electrons. The number of rotatable bonds is 2. The van der Waals surface area contributed by atoms with Gasteiger partial charge in [0.2, 0.25) is 0 Å². The van der Waals surface area contributed by atoms with E-state index in [2.05, 4.69) is 11.5 Å². The zero-order valence-corrected chi connectivity index (χ0v) is 8.86. The van der Waals surface area contributed by atoms with Gasteiger partial charge in [0.25, 0.3) is 0 Å². The summed E-state index contributed by atoms with van der Waals surface area (Å²) in [4.78, 5) is 2.55. The highest BCUT2D eigenvalue weighted by Gasteiger charge is 2.35. The van der Waals surface area contributed by atoms with Crippen molar-refractivity contribution in [2.24, 2.45) is 5.92 Å². The van der Waals surface area contributed by atoms with Crippen LogP contribution in [0.5, 0.6) is 0 Å². The van der Waals surface area contributed by atoms with Gasteiger partial charge < -0.3 is 5.11 Å². The van der Waals surface area contributed by atoms with Crippen LogP contribution in [0.1, 0.15) is 32.1 Å². The first-order chi connectivity index (χ1) is 6.81. The summed E-state index contributed by atoms with van der Waals surface area (Å²) >= 11 is 0. The molecule has 2 rings (SSSR count). The van der Waals surface area contributed by atoms with E-state index in [0.717, 1.165) is 31.3 Å². The normalized spacial score (nSPS) is 39.1. The van der Waals surface area contributed by atoms with E-state index in [1.54, 1.807) is 0 Å². The molecule has 1 N–H and O–H groups in total. The molecule has 2 aliphatic rings. The van der Waals surface area contributed by atoms with E-state index in [9.17, 15) is 5.11 Å². The molecular weight excluding hydrogens is 174 g/mol. The number of likely N-dealkylation sites (tertiary alicyclic amines) is 1. The van der Waals surface area contributed by atoms with Gasteiger partial charge in [-0.1, -0.05) is 6.08 Å². The number of aliphatic hydroxyl groups is 1. The minimum Gasteiger partial charge on any atom is -0.393 e. The van der Waals surface area contributed by atoms with Gasteiger partial charge in [-0.3, -0.25) is 4.90 Å². The Hall–Kier alpha value is -0.340. The highest BCUT2D eigenvalue weighted by molar-refractivity contribution is 4.91. The van der Waals surface area contributed by atoms with Gasteiger partial charge in [-0.15, -0.1) is 6.58 Å². The first kappa shape index (κ1) is 10.2. The van der Waals surface area contributed by atoms with Crippen molar-refractivity contribution in [3.63, 3.8) is 0 Å². The fourth-order valence-electron chi connectivity index (χ4n) is 3.13. The average Bonchev–Trinajstić information content (AvgIpc) is 2.18. The number of hydrogen-bond donors (Lipinski definition) is 1. The molecule has 0 spiro atoms. The smallest absolute Gasteiger partial charge is 0.0544 e. The fraction of sp³-hybridized carbons (Fsp3) is 0.833. The Morgan fingerprint density at radius 3 is 3.00 bits per heavy atom. The van der Waals surface area contributed by atoms with Crippen LogP contribution in [0.2, 0.25) is 0 Å². The Labute approximate surface area is 86.6 Å². The molecule has 1 unspecified atom stereocenters. The average molecular weight is 195 g/mol. The van der Waals surface area contributed by atoms with Crippen LogP contribution in [0, 0.1) is 5.92 Å². The van der Waals surface area contributed by atoms with Gasteiger partial charge in [0.05, 0.1) is 6.10 Å². The van der Waals surface area contributed by atoms with Gasteiger partial charge in [0.1, 0.15) is 0 Å². The monoisotopic (exact) mass is 195 g/mol. The van der Waals surface area contributed by atoms with Crippen molar-refractivity contribution in [3.8, 4) is 0 Å². The van der Waals surface area contributed by atoms with Crippen LogP contribution in [-0.4, -0.2) is 35.2 Å². The standard InChI is InChI=1S/C12H21NO/c1-2-7-13-8-3-4-10-9-11(14)5-6-12(10)13/h2,10-12,14H,1,3-9H2/t10-,11?,12-/m0/s1. The molecule has 2 nitrogen and oxygen atoms in total. The van der Waals surface area contributed by atoms with Gasteiger partial charge in [0, 0.05) is 12.6 Å². The molecule has 1 aliphatic carbocycles. The van der Waals surface area contributed by atoms with Crippen molar-refractivity contribution in [1.82, 2.24) is 4.90 Å². The molecule has 3 atom stereocenters. The first-order valence-corrected chi connectivity index (χ1v) is 5.84. The lowest BCUT2D eigenvalue weighted by molar-refractivity contribution is 0.0104. The van der Waals surface area contributed by atoms with E-state index < -0.39 is 0 Å². The topological polar surface area (TPSA) is 23.5 Å². The Bertz CT molecular complexity index is 204. The van der Waals surface area contributed by atoms with Crippen molar-refractivity contribution >= 4 is 0 Å². The molecule has 0 aromatic carbocycles. The molecule has 0 bridgehead atoms. The number of piperidine rings is 1. The second-order valence-electron chi connectivity index (χ2n) is 4.72. The maximum Gasteiger partial charge on any atom is 0.0544 e. The van der Waals surface area contributed by atoms with Gasteiger partial charge in [-0.05, 0) is 44.6 Å². The predicted octanol–water partition coefficient (Wildman–Crippen LogP) is 1.80. The number of hydrogen-bond acceptors (Lipinski definition) is 2. The molecule has 1 heterocycles. The van der Waals surface area contributed by atoms with Crippen molar-refractivity contribution in [2.75, 3.05) is 13.1 Å². The second-order valence-corrected chi connectivity index (χ2v) is 4.72. The largest absolute Gasteiger partial charge is 0.393 e. The van der Waals surface area contributed by atoms with Crippen LogP contribution in [0.25, 0.3) is 0 Å². The molecule has 14 heavy (non-hydrogen) atoms. The summed E-state index contributed by atoms with van der Waals surface area (Å²) in [5, 5.41) is 9.63. The van der Waals surface area contributed by atoms with Gasteiger partial charge >= 0.3 is 0 Å². The number of aliphatic hydroxyl groups excluding tert-OH is 1. The lowest BCUT2D eigenvalue weighted by Gasteiger charge is -2.45. The molecule has 0 radical (unpaired) electrons. The van der Waals surface area contributed by atoms with E-state index in [1.807, 2.05) is 6.08 Å². The van der Waals surface area contributed by atoms with Crippen molar-refractivity contribution in [3.05, 3.63) is 12.7 Å². The fourth-order valence-corrected chi connectivity index (χ4v) is 3.13. The van der Waals surface area contributed by atoms with Crippen LogP contribution in [0.4, 0.5) is 0 Å². The Balaban J connectivity index is 1.98. The summed E-state index contributed by atoms with van der Waals surface area (Å²) in [6.07, 6.45) is 7.79. The summed E-state index contributed by atoms with van der Waals surface area (Å²) in [6, 6.07) is 0.727. The summed E-state index contributed by atoms with van der Waals surface area (Å²) in [5.41, 5.74) is 0. The Morgan fingerprint density at radius 2 is 2.21 bits per heavy atom. The van der Waals surface area contributed by atoms with Crippen molar-refractivity contribution in [2.45, 2.75) is 44.2 Å². The van der Waals surface area contributed by atoms with Crippen LogP contribution in [0.3, 0.4) is 0 Å². The van der Waals surface area contributed by atoms with Crippen molar-refractivity contribution < 1.29 is 5.11 Å². The van der Waals surface area contributed by atoms with Gasteiger partial charge in [-0.25, -0.2) is 0 Å². The SMILES string of the molecule is C=CCN1CCC[C@H]2CC(O)CC[C@@H]21. The molecule has 0 aromatic heterocycles. The molecule has 2 heteroatoms. The van der Waals surface area contributed by atoms with Gasteiger partial charge in [0.15, 0.2) is 0 Å². The first-order valence-electron chi connectivity index (χ1n) is 5.84. The number of fused-ring (bicyclic) bond motifs is 1.